The van der Waals surface area contributed by atoms with Gasteiger partial charge in [0, 0.05) is 18.9 Å². The van der Waals surface area contributed by atoms with E-state index in [2.05, 4.69) is 5.32 Å². The molecule has 1 aliphatic rings. The van der Waals surface area contributed by atoms with E-state index in [-0.39, 0.29) is 5.92 Å². The van der Waals surface area contributed by atoms with Crippen LogP contribution in [0.1, 0.15) is 40.5 Å². The van der Waals surface area contributed by atoms with Crippen molar-refractivity contribution in [3.8, 4) is 0 Å². The fraction of sp³-hybridized carbons (Fsp3) is 0.833. The molecule has 0 aromatic rings. The summed E-state index contributed by atoms with van der Waals surface area (Å²) in [5.41, 5.74) is -0.466. The number of ether oxygens (including phenoxy) is 1. The Morgan fingerprint density at radius 1 is 1.38 bits per heavy atom. The van der Waals surface area contributed by atoms with E-state index in [1.807, 2.05) is 27.7 Å². The molecule has 4 nitrogen and oxygen atoms in total. The molecule has 0 aromatic heterocycles. The average molecular weight is 227 g/mol. The molecule has 16 heavy (non-hydrogen) atoms. The summed E-state index contributed by atoms with van der Waals surface area (Å²) in [6.45, 7) is 7.90. The SMILES string of the molecule is CCC(=O)[C@@H]1C[C@@H]1CNC(=O)OC(C)(C)C. The van der Waals surface area contributed by atoms with Crippen molar-refractivity contribution in [1.29, 1.82) is 0 Å². The molecule has 92 valence electrons. The van der Waals surface area contributed by atoms with Crippen LogP contribution in [0.4, 0.5) is 4.79 Å². The summed E-state index contributed by atoms with van der Waals surface area (Å²) >= 11 is 0. The summed E-state index contributed by atoms with van der Waals surface area (Å²) in [4.78, 5) is 22.6. The predicted octanol–water partition coefficient (Wildman–Crippen LogP) is 2.13. The van der Waals surface area contributed by atoms with Gasteiger partial charge >= 0.3 is 6.09 Å². The number of ketones is 1. The van der Waals surface area contributed by atoms with E-state index in [1.54, 1.807) is 0 Å². The van der Waals surface area contributed by atoms with Crippen molar-refractivity contribution >= 4 is 11.9 Å². The van der Waals surface area contributed by atoms with Gasteiger partial charge in [-0.05, 0) is 33.1 Å². The standard InChI is InChI=1S/C12H21NO3/c1-5-10(14)9-6-8(9)7-13-11(15)16-12(2,3)4/h8-9H,5-7H2,1-4H3,(H,13,15)/t8-,9-/m1/s1. The number of Topliss-reactive ketones (excluding diaryl/α,β-unsaturated/α-hetero) is 1. The zero-order valence-corrected chi connectivity index (χ0v) is 10.5. The summed E-state index contributed by atoms with van der Waals surface area (Å²) in [6.07, 6.45) is 1.10. The number of nitrogens with one attached hydrogen (secondary N) is 1. The van der Waals surface area contributed by atoms with Crippen molar-refractivity contribution < 1.29 is 14.3 Å². The number of alkyl carbamates (subject to hydrolysis) is 1. The van der Waals surface area contributed by atoms with Crippen LogP contribution in [-0.4, -0.2) is 24.0 Å². The minimum Gasteiger partial charge on any atom is -0.444 e. The largest absolute Gasteiger partial charge is 0.444 e. The minimum absolute atomic E-state index is 0.167. The molecule has 0 aromatic carbocycles. The molecule has 0 radical (unpaired) electrons. The lowest BCUT2D eigenvalue weighted by Crippen LogP contribution is -2.33. The van der Waals surface area contributed by atoms with Gasteiger partial charge in [-0.3, -0.25) is 4.79 Å². The molecule has 1 rings (SSSR count). The molecular weight excluding hydrogens is 206 g/mol. The molecule has 0 heterocycles. The Labute approximate surface area is 96.7 Å². The van der Waals surface area contributed by atoms with Crippen LogP contribution in [0.5, 0.6) is 0 Å². The molecule has 0 unspecified atom stereocenters. The van der Waals surface area contributed by atoms with Crippen molar-refractivity contribution in [3.63, 3.8) is 0 Å². The van der Waals surface area contributed by atoms with Gasteiger partial charge in [0.05, 0.1) is 0 Å². The molecular formula is C12H21NO3. The van der Waals surface area contributed by atoms with Crippen LogP contribution in [0.25, 0.3) is 0 Å². The highest BCUT2D eigenvalue weighted by Crippen LogP contribution is 2.39. The van der Waals surface area contributed by atoms with E-state index in [4.69, 9.17) is 4.74 Å². The first kappa shape index (κ1) is 13.0. The van der Waals surface area contributed by atoms with E-state index < -0.39 is 11.7 Å². The maximum Gasteiger partial charge on any atom is 0.407 e. The number of amides is 1. The quantitative estimate of drug-likeness (QED) is 0.800. The van der Waals surface area contributed by atoms with Crippen LogP contribution in [0.3, 0.4) is 0 Å². The van der Waals surface area contributed by atoms with Gasteiger partial charge in [-0.1, -0.05) is 6.92 Å². The number of carbonyl (C=O) groups excluding carboxylic acids is 2. The normalized spacial score (nSPS) is 23.8. The Morgan fingerprint density at radius 3 is 2.50 bits per heavy atom. The Morgan fingerprint density at radius 2 is 2.00 bits per heavy atom. The smallest absolute Gasteiger partial charge is 0.407 e. The number of carbonyl (C=O) groups is 2. The second-order valence-corrected chi connectivity index (χ2v) is 5.30. The third kappa shape index (κ3) is 4.21. The topological polar surface area (TPSA) is 55.4 Å². The minimum atomic E-state index is -0.466. The maximum atomic E-state index is 11.3. The van der Waals surface area contributed by atoms with Crippen molar-refractivity contribution in [2.75, 3.05) is 6.54 Å². The van der Waals surface area contributed by atoms with Gasteiger partial charge in [-0.15, -0.1) is 0 Å². The molecule has 1 N–H and O–H groups in total. The lowest BCUT2D eigenvalue weighted by molar-refractivity contribution is -0.120. The van der Waals surface area contributed by atoms with Crippen LogP contribution in [0.2, 0.25) is 0 Å². The van der Waals surface area contributed by atoms with Gasteiger partial charge in [0.1, 0.15) is 11.4 Å². The highest BCUT2D eigenvalue weighted by Gasteiger charge is 2.41. The molecule has 1 saturated carbocycles. The number of hydrogen-bond acceptors (Lipinski definition) is 3. The fourth-order valence-corrected chi connectivity index (χ4v) is 1.66. The van der Waals surface area contributed by atoms with Gasteiger partial charge < -0.3 is 10.1 Å². The lowest BCUT2D eigenvalue weighted by atomic mass is 10.2. The highest BCUT2D eigenvalue weighted by molar-refractivity contribution is 5.83. The zero-order valence-electron chi connectivity index (χ0n) is 10.5. The molecule has 4 heteroatoms. The molecule has 2 atom stereocenters. The summed E-state index contributed by atoms with van der Waals surface area (Å²) in [5, 5.41) is 2.70. The van der Waals surface area contributed by atoms with Gasteiger partial charge in [0.25, 0.3) is 0 Å². The number of hydrogen-bond donors (Lipinski definition) is 1. The second kappa shape index (κ2) is 4.85. The summed E-state index contributed by atoms with van der Waals surface area (Å²) < 4.78 is 5.10. The summed E-state index contributed by atoms with van der Waals surface area (Å²) in [6, 6.07) is 0. The van der Waals surface area contributed by atoms with E-state index >= 15 is 0 Å². The first-order valence-corrected chi connectivity index (χ1v) is 5.83. The first-order valence-electron chi connectivity index (χ1n) is 5.83. The van der Waals surface area contributed by atoms with E-state index in [1.165, 1.54) is 0 Å². The third-order valence-corrected chi connectivity index (χ3v) is 2.59. The fourth-order valence-electron chi connectivity index (χ4n) is 1.66. The monoisotopic (exact) mass is 227 g/mol. The van der Waals surface area contributed by atoms with E-state index in [0.717, 1.165) is 6.42 Å². The van der Waals surface area contributed by atoms with Crippen LogP contribution >= 0.6 is 0 Å². The van der Waals surface area contributed by atoms with Crippen molar-refractivity contribution in [2.45, 2.75) is 46.1 Å². The second-order valence-electron chi connectivity index (χ2n) is 5.30. The zero-order chi connectivity index (χ0) is 12.3. The lowest BCUT2D eigenvalue weighted by Gasteiger charge is -2.19. The molecule has 0 spiro atoms. The molecule has 0 aliphatic heterocycles. The van der Waals surface area contributed by atoms with E-state index in [0.29, 0.717) is 24.7 Å². The third-order valence-electron chi connectivity index (χ3n) is 2.59. The summed E-state index contributed by atoms with van der Waals surface area (Å²) in [7, 11) is 0. The number of rotatable bonds is 4. The Bertz CT molecular complexity index is 280. The Kier molecular flexibility index (Phi) is 3.94. The maximum absolute atomic E-state index is 11.3. The Balaban J connectivity index is 2.18. The van der Waals surface area contributed by atoms with Gasteiger partial charge in [-0.25, -0.2) is 4.79 Å². The summed E-state index contributed by atoms with van der Waals surface area (Å²) in [5.74, 6) is 0.788. The van der Waals surface area contributed by atoms with Crippen LogP contribution in [0.15, 0.2) is 0 Å². The predicted molar refractivity (Wildman–Crippen MR) is 61.1 cm³/mol. The van der Waals surface area contributed by atoms with Crippen molar-refractivity contribution in [1.82, 2.24) is 5.32 Å². The van der Waals surface area contributed by atoms with Crippen molar-refractivity contribution in [2.24, 2.45) is 11.8 Å². The van der Waals surface area contributed by atoms with Gasteiger partial charge in [0.15, 0.2) is 0 Å². The van der Waals surface area contributed by atoms with Gasteiger partial charge in [0.2, 0.25) is 0 Å². The molecule has 1 fully saturated rings. The molecule has 0 saturated heterocycles. The molecule has 1 aliphatic carbocycles. The molecule has 0 bridgehead atoms. The van der Waals surface area contributed by atoms with Crippen LogP contribution in [-0.2, 0) is 9.53 Å². The van der Waals surface area contributed by atoms with Crippen LogP contribution < -0.4 is 5.32 Å². The van der Waals surface area contributed by atoms with Crippen LogP contribution in [0, 0.1) is 11.8 Å². The highest BCUT2D eigenvalue weighted by atomic mass is 16.6. The first-order chi connectivity index (χ1) is 7.33. The van der Waals surface area contributed by atoms with E-state index in [9.17, 15) is 9.59 Å². The average Bonchev–Trinajstić information content (AvgIpc) is 2.90. The van der Waals surface area contributed by atoms with Crippen molar-refractivity contribution in [3.05, 3.63) is 0 Å². The molecule has 1 amide bonds. The Hall–Kier alpha value is -1.06. The van der Waals surface area contributed by atoms with Gasteiger partial charge in [-0.2, -0.15) is 0 Å².